The van der Waals surface area contributed by atoms with E-state index in [1.807, 2.05) is 0 Å². The topological polar surface area (TPSA) is 14.1 Å². The Morgan fingerprint density at radius 1 is 0.792 bits per heavy atom. The molecule has 0 N–H and O–H groups in total. The maximum absolute atomic E-state index is 13.0. The predicted octanol–water partition coefficient (Wildman–Crippen LogP) is 3.24. The van der Waals surface area contributed by atoms with Gasteiger partial charge in [0.2, 0.25) is 0 Å². The van der Waals surface area contributed by atoms with Gasteiger partial charge < -0.3 is 5.32 Å². The third-order valence-electron chi connectivity index (χ3n) is 2.88. The summed E-state index contributed by atoms with van der Waals surface area (Å²) < 4.78 is 49.9. The maximum Gasteiger partial charge on any atom is 1.00 e. The molecule has 0 aliphatic heterocycles. The third kappa shape index (κ3) is 7.87. The Labute approximate surface area is 181 Å². The van der Waals surface area contributed by atoms with Crippen LogP contribution in [-0.2, 0) is 13.1 Å². The van der Waals surface area contributed by atoms with Crippen molar-refractivity contribution >= 4 is 5.83 Å². The van der Waals surface area contributed by atoms with E-state index in [1.54, 1.807) is 24.3 Å². The van der Waals surface area contributed by atoms with Crippen LogP contribution in [0.4, 0.5) is 17.6 Å². The summed E-state index contributed by atoms with van der Waals surface area (Å²) in [7, 11) is 0. The SMILES string of the molecule is C=C.FC(F)=C(F)c1ccc(C[N-]Cc2ccc(F)cc2)cc1.[K+]. The largest absolute Gasteiger partial charge is 1.00 e. The van der Waals surface area contributed by atoms with Crippen LogP contribution in [0.5, 0.6) is 0 Å². The molecule has 0 fully saturated rings. The first kappa shape index (κ1) is 23.2. The summed E-state index contributed by atoms with van der Waals surface area (Å²) in [6, 6.07) is 11.7. The van der Waals surface area contributed by atoms with Gasteiger partial charge in [0.05, 0.1) is 0 Å². The fourth-order valence-electron chi connectivity index (χ4n) is 1.77. The smallest absolute Gasteiger partial charge is 0.655 e. The molecule has 0 radical (unpaired) electrons. The van der Waals surface area contributed by atoms with Crippen molar-refractivity contribution in [2.24, 2.45) is 0 Å². The standard InChI is InChI=1S/C16H12F4N.C2H4.K/c17-14-7-3-12(4-8-14)10-21-9-11-1-5-13(6-2-11)15(18)16(19)20;1-2;/h1-8H,9-10H2;1-2H2;/q-1;;+1. The summed E-state index contributed by atoms with van der Waals surface area (Å²) in [6.45, 7) is 6.80. The summed E-state index contributed by atoms with van der Waals surface area (Å²) in [5.41, 5.74) is 1.51. The molecule has 2 rings (SSSR count). The van der Waals surface area contributed by atoms with Crippen LogP contribution >= 0.6 is 0 Å². The van der Waals surface area contributed by atoms with Crippen molar-refractivity contribution in [1.82, 2.24) is 0 Å². The van der Waals surface area contributed by atoms with Gasteiger partial charge in [0, 0.05) is 5.56 Å². The molecule has 0 aliphatic rings. The van der Waals surface area contributed by atoms with Crippen LogP contribution < -0.4 is 51.4 Å². The van der Waals surface area contributed by atoms with Gasteiger partial charge in [-0.3, -0.25) is 0 Å². The molecule has 24 heavy (non-hydrogen) atoms. The van der Waals surface area contributed by atoms with Crippen molar-refractivity contribution in [3.8, 4) is 0 Å². The average molecular weight is 361 g/mol. The molecule has 0 aromatic heterocycles. The summed E-state index contributed by atoms with van der Waals surface area (Å²) >= 11 is 0. The molecule has 2 aromatic rings. The van der Waals surface area contributed by atoms with Crippen molar-refractivity contribution in [3.05, 3.63) is 95.6 Å². The summed E-state index contributed by atoms with van der Waals surface area (Å²) in [6.07, 6.45) is -2.33. The minimum absolute atomic E-state index is 0. The molecule has 0 bridgehead atoms. The van der Waals surface area contributed by atoms with Gasteiger partial charge in [-0.25, -0.2) is 8.78 Å². The minimum Gasteiger partial charge on any atom is -0.655 e. The average Bonchev–Trinajstić information content (AvgIpc) is 2.58. The molecule has 0 heterocycles. The van der Waals surface area contributed by atoms with E-state index in [0.29, 0.717) is 13.1 Å². The van der Waals surface area contributed by atoms with Gasteiger partial charge in [0.25, 0.3) is 0 Å². The van der Waals surface area contributed by atoms with E-state index in [1.165, 1.54) is 24.3 Å². The summed E-state index contributed by atoms with van der Waals surface area (Å²) in [5, 5.41) is 4.27. The van der Waals surface area contributed by atoms with Gasteiger partial charge in [-0.2, -0.15) is 8.78 Å². The molecule has 122 valence electrons. The number of hydrogen-bond acceptors (Lipinski definition) is 0. The van der Waals surface area contributed by atoms with Crippen LogP contribution in [0, 0.1) is 5.82 Å². The van der Waals surface area contributed by atoms with Gasteiger partial charge in [-0.05, 0) is 12.1 Å². The number of benzene rings is 2. The molecule has 0 amide bonds. The Bertz CT molecular complexity index is 635. The Balaban J connectivity index is 0.00000170. The van der Waals surface area contributed by atoms with E-state index in [0.717, 1.165) is 11.1 Å². The van der Waals surface area contributed by atoms with Crippen molar-refractivity contribution in [2.45, 2.75) is 13.1 Å². The van der Waals surface area contributed by atoms with Crippen LogP contribution in [0.15, 0.2) is 67.8 Å². The van der Waals surface area contributed by atoms with Gasteiger partial charge in [0.15, 0.2) is 5.83 Å². The fraction of sp³-hybridized carbons (Fsp3) is 0.111. The summed E-state index contributed by atoms with van der Waals surface area (Å²) in [5.74, 6) is -1.81. The van der Waals surface area contributed by atoms with Crippen molar-refractivity contribution < 1.29 is 68.9 Å². The monoisotopic (exact) mass is 361 g/mol. The number of nitrogens with zero attached hydrogens (tertiary/aromatic N) is 1. The zero-order valence-corrected chi connectivity index (χ0v) is 16.5. The van der Waals surface area contributed by atoms with E-state index in [9.17, 15) is 17.6 Å². The van der Waals surface area contributed by atoms with Gasteiger partial charge in [0.1, 0.15) is 5.82 Å². The van der Waals surface area contributed by atoms with E-state index in [4.69, 9.17) is 0 Å². The molecule has 0 saturated carbocycles. The second-order valence-corrected chi connectivity index (χ2v) is 4.44. The minimum atomic E-state index is -2.33. The van der Waals surface area contributed by atoms with E-state index in [2.05, 4.69) is 18.5 Å². The molecular weight excluding hydrogens is 345 g/mol. The Morgan fingerprint density at radius 2 is 1.21 bits per heavy atom. The molecule has 0 saturated heterocycles. The zero-order chi connectivity index (χ0) is 17.2. The first-order chi connectivity index (χ1) is 11.1. The van der Waals surface area contributed by atoms with Gasteiger partial charge >= 0.3 is 57.5 Å². The van der Waals surface area contributed by atoms with Crippen molar-refractivity contribution in [2.75, 3.05) is 0 Å². The van der Waals surface area contributed by atoms with Crippen LogP contribution in [0.25, 0.3) is 11.1 Å². The second-order valence-electron chi connectivity index (χ2n) is 4.44. The predicted molar refractivity (Wildman–Crippen MR) is 85.1 cm³/mol. The van der Waals surface area contributed by atoms with Gasteiger partial charge in [-0.1, -0.05) is 47.5 Å². The maximum atomic E-state index is 13.0. The number of halogens is 4. The molecule has 6 heteroatoms. The Morgan fingerprint density at radius 3 is 1.62 bits per heavy atom. The van der Waals surface area contributed by atoms with Crippen molar-refractivity contribution in [3.63, 3.8) is 0 Å². The first-order valence-corrected chi connectivity index (χ1v) is 6.74. The normalized spacial score (nSPS) is 9.33. The number of hydrogen-bond donors (Lipinski definition) is 0. The summed E-state index contributed by atoms with van der Waals surface area (Å²) in [4.78, 5) is 0. The van der Waals surface area contributed by atoms with Crippen LogP contribution in [0.3, 0.4) is 0 Å². The molecule has 0 unspecified atom stereocenters. The Hall–Kier alpha value is -0.764. The van der Waals surface area contributed by atoms with Crippen molar-refractivity contribution in [1.29, 1.82) is 0 Å². The van der Waals surface area contributed by atoms with E-state index in [-0.39, 0.29) is 62.8 Å². The third-order valence-corrected chi connectivity index (χ3v) is 2.88. The van der Waals surface area contributed by atoms with Crippen LogP contribution in [0.2, 0.25) is 0 Å². The Kier molecular flexibility index (Phi) is 12.2. The van der Waals surface area contributed by atoms with Gasteiger partial charge in [-0.15, -0.1) is 26.2 Å². The molecule has 1 nitrogen and oxygen atoms in total. The zero-order valence-electron chi connectivity index (χ0n) is 13.4. The fourth-order valence-corrected chi connectivity index (χ4v) is 1.77. The molecule has 2 aromatic carbocycles. The number of rotatable bonds is 5. The quantitative estimate of drug-likeness (QED) is 0.441. The van der Waals surface area contributed by atoms with Crippen LogP contribution in [0.1, 0.15) is 16.7 Å². The van der Waals surface area contributed by atoms with Crippen LogP contribution in [-0.4, -0.2) is 0 Å². The molecule has 0 atom stereocenters. The molecular formula is C18H16F4KN. The molecule has 0 aliphatic carbocycles. The van der Waals surface area contributed by atoms with E-state index < -0.39 is 11.9 Å². The second kappa shape index (κ2) is 12.6. The first-order valence-electron chi connectivity index (χ1n) is 6.74. The van der Waals surface area contributed by atoms with E-state index >= 15 is 0 Å². The molecule has 0 spiro atoms.